The number of methoxy groups -OCH3 is 1. The van der Waals surface area contributed by atoms with Crippen molar-refractivity contribution in [2.75, 3.05) is 20.2 Å². The van der Waals surface area contributed by atoms with E-state index in [1.165, 1.54) is 0 Å². The predicted octanol–water partition coefficient (Wildman–Crippen LogP) is 2.44. The van der Waals surface area contributed by atoms with E-state index in [0.29, 0.717) is 16.7 Å². The number of hydrogen-bond donors (Lipinski definition) is 2. The molecule has 0 spiro atoms. The van der Waals surface area contributed by atoms with Gasteiger partial charge in [0.2, 0.25) is 0 Å². The van der Waals surface area contributed by atoms with E-state index >= 15 is 0 Å². The van der Waals surface area contributed by atoms with Gasteiger partial charge in [-0.2, -0.15) is 0 Å². The molecule has 4 heteroatoms. The smallest absolute Gasteiger partial charge is 0.144 e. The van der Waals surface area contributed by atoms with Crippen molar-refractivity contribution in [3.63, 3.8) is 0 Å². The van der Waals surface area contributed by atoms with Gasteiger partial charge in [0.05, 0.1) is 7.11 Å². The highest BCUT2D eigenvalue weighted by atomic mass is 35.5. The van der Waals surface area contributed by atoms with Gasteiger partial charge >= 0.3 is 0 Å². The fourth-order valence-electron chi connectivity index (χ4n) is 2.26. The van der Waals surface area contributed by atoms with E-state index in [0.717, 1.165) is 30.6 Å². The summed E-state index contributed by atoms with van der Waals surface area (Å²) in [7, 11) is 1.56. The molecule has 0 aliphatic carbocycles. The summed E-state index contributed by atoms with van der Waals surface area (Å²) < 4.78 is 5.17. The van der Waals surface area contributed by atoms with E-state index in [2.05, 4.69) is 5.32 Å². The molecular weight excluding hydrogens is 226 g/mol. The largest absolute Gasteiger partial charge is 0.506 e. The van der Waals surface area contributed by atoms with Gasteiger partial charge in [-0.05, 0) is 31.5 Å². The minimum absolute atomic E-state index is 0.165. The Kier molecular flexibility index (Phi) is 3.26. The molecular formula is C12H16ClNO2. The number of hydrogen-bond acceptors (Lipinski definition) is 3. The molecule has 0 aromatic heterocycles. The number of benzene rings is 1. The number of aromatic hydroxyl groups is 1. The highest BCUT2D eigenvalue weighted by Crippen LogP contribution is 2.42. The Balaban J connectivity index is 2.46. The quantitative estimate of drug-likeness (QED) is 0.836. The molecule has 1 fully saturated rings. The number of rotatable bonds is 2. The van der Waals surface area contributed by atoms with E-state index in [1.54, 1.807) is 7.11 Å². The summed E-state index contributed by atoms with van der Waals surface area (Å²) in [6.07, 6.45) is 1.04. The first-order valence-electron chi connectivity index (χ1n) is 5.41. The van der Waals surface area contributed by atoms with E-state index in [4.69, 9.17) is 16.3 Å². The second-order valence-electron chi connectivity index (χ2n) is 4.17. The van der Waals surface area contributed by atoms with Crippen LogP contribution in [0.1, 0.15) is 23.5 Å². The lowest BCUT2D eigenvalue weighted by atomic mass is 9.95. The number of aryl methyl sites for hydroxylation is 1. The topological polar surface area (TPSA) is 41.5 Å². The zero-order chi connectivity index (χ0) is 11.7. The van der Waals surface area contributed by atoms with E-state index in [1.807, 2.05) is 13.0 Å². The Morgan fingerprint density at radius 2 is 2.31 bits per heavy atom. The summed E-state index contributed by atoms with van der Waals surface area (Å²) in [6.45, 7) is 3.83. The molecule has 1 aliphatic heterocycles. The molecule has 16 heavy (non-hydrogen) atoms. The Bertz CT molecular complexity index is 400. The third kappa shape index (κ3) is 1.85. The molecule has 1 saturated heterocycles. The fraction of sp³-hybridized carbons (Fsp3) is 0.500. The van der Waals surface area contributed by atoms with Gasteiger partial charge in [-0.25, -0.2) is 0 Å². The van der Waals surface area contributed by atoms with Crippen LogP contribution in [0.15, 0.2) is 6.07 Å². The SMILES string of the molecule is COc1c(C)cc(C2CCNC2)c(O)c1Cl. The summed E-state index contributed by atoms with van der Waals surface area (Å²) in [4.78, 5) is 0. The van der Waals surface area contributed by atoms with Crippen LogP contribution in [-0.2, 0) is 0 Å². The van der Waals surface area contributed by atoms with Crippen LogP contribution < -0.4 is 10.1 Å². The van der Waals surface area contributed by atoms with Crippen molar-refractivity contribution in [1.82, 2.24) is 5.32 Å². The Morgan fingerprint density at radius 3 is 2.88 bits per heavy atom. The Labute approximate surface area is 100 Å². The average Bonchev–Trinajstić information content (AvgIpc) is 2.77. The molecule has 0 radical (unpaired) electrons. The van der Waals surface area contributed by atoms with Crippen LogP contribution in [0.25, 0.3) is 0 Å². The monoisotopic (exact) mass is 241 g/mol. The van der Waals surface area contributed by atoms with Gasteiger partial charge in [0.1, 0.15) is 16.5 Å². The van der Waals surface area contributed by atoms with E-state index in [9.17, 15) is 5.11 Å². The zero-order valence-corrected chi connectivity index (χ0v) is 10.3. The molecule has 88 valence electrons. The molecule has 1 heterocycles. The summed E-state index contributed by atoms with van der Waals surface area (Å²) >= 11 is 6.09. The summed E-state index contributed by atoms with van der Waals surface area (Å²) in [6, 6.07) is 1.97. The molecule has 1 aliphatic rings. The first kappa shape index (κ1) is 11.6. The Morgan fingerprint density at radius 1 is 1.56 bits per heavy atom. The zero-order valence-electron chi connectivity index (χ0n) is 9.51. The van der Waals surface area contributed by atoms with Gasteiger partial charge in [0, 0.05) is 18.0 Å². The maximum atomic E-state index is 10.1. The van der Waals surface area contributed by atoms with Crippen LogP contribution in [0.4, 0.5) is 0 Å². The van der Waals surface area contributed by atoms with Gasteiger partial charge in [-0.1, -0.05) is 11.6 Å². The van der Waals surface area contributed by atoms with Crippen molar-refractivity contribution in [2.24, 2.45) is 0 Å². The van der Waals surface area contributed by atoms with Gasteiger partial charge in [0.15, 0.2) is 0 Å². The van der Waals surface area contributed by atoms with Gasteiger partial charge in [-0.3, -0.25) is 0 Å². The maximum Gasteiger partial charge on any atom is 0.144 e. The molecule has 1 aromatic rings. The number of ether oxygens (including phenoxy) is 1. The van der Waals surface area contributed by atoms with Crippen LogP contribution in [0.3, 0.4) is 0 Å². The molecule has 0 saturated carbocycles. The molecule has 2 N–H and O–H groups in total. The third-order valence-corrected chi connectivity index (χ3v) is 3.47. The predicted molar refractivity (Wildman–Crippen MR) is 64.6 cm³/mol. The van der Waals surface area contributed by atoms with Gasteiger partial charge in [0.25, 0.3) is 0 Å². The molecule has 0 bridgehead atoms. The van der Waals surface area contributed by atoms with Crippen molar-refractivity contribution < 1.29 is 9.84 Å². The van der Waals surface area contributed by atoms with Crippen molar-refractivity contribution in [3.05, 3.63) is 22.2 Å². The molecule has 1 atom stereocenters. The lowest BCUT2D eigenvalue weighted by Gasteiger charge is -2.16. The van der Waals surface area contributed by atoms with Gasteiger partial charge in [-0.15, -0.1) is 0 Å². The second kappa shape index (κ2) is 4.52. The van der Waals surface area contributed by atoms with Crippen LogP contribution in [0, 0.1) is 6.92 Å². The molecule has 0 amide bonds. The van der Waals surface area contributed by atoms with Crippen molar-refractivity contribution in [1.29, 1.82) is 0 Å². The average molecular weight is 242 g/mol. The molecule has 2 rings (SSSR count). The van der Waals surface area contributed by atoms with E-state index in [-0.39, 0.29) is 5.75 Å². The molecule has 3 nitrogen and oxygen atoms in total. The van der Waals surface area contributed by atoms with E-state index < -0.39 is 0 Å². The first-order chi connectivity index (χ1) is 7.65. The normalized spacial score (nSPS) is 20.1. The number of halogens is 1. The summed E-state index contributed by atoms with van der Waals surface area (Å²) in [5, 5.41) is 13.7. The fourth-order valence-corrected chi connectivity index (χ4v) is 2.59. The van der Waals surface area contributed by atoms with Crippen molar-refractivity contribution in [3.8, 4) is 11.5 Å². The first-order valence-corrected chi connectivity index (χ1v) is 5.79. The van der Waals surface area contributed by atoms with Crippen LogP contribution in [0.5, 0.6) is 11.5 Å². The van der Waals surface area contributed by atoms with Crippen LogP contribution in [-0.4, -0.2) is 25.3 Å². The highest BCUT2D eigenvalue weighted by molar-refractivity contribution is 6.33. The lowest BCUT2D eigenvalue weighted by Crippen LogP contribution is -2.08. The highest BCUT2D eigenvalue weighted by Gasteiger charge is 2.23. The maximum absolute atomic E-state index is 10.1. The summed E-state index contributed by atoms with van der Waals surface area (Å²) in [5.41, 5.74) is 1.89. The standard InChI is InChI=1S/C12H16ClNO2/c1-7-5-9(8-3-4-14-6-8)11(15)10(13)12(7)16-2/h5,8,14-15H,3-4,6H2,1-2H3. The minimum atomic E-state index is 0.165. The van der Waals surface area contributed by atoms with Crippen LogP contribution >= 0.6 is 11.6 Å². The molecule has 1 aromatic carbocycles. The second-order valence-corrected chi connectivity index (χ2v) is 4.55. The van der Waals surface area contributed by atoms with Gasteiger partial charge < -0.3 is 15.2 Å². The number of phenolic OH excluding ortho intramolecular Hbond substituents is 1. The third-order valence-electron chi connectivity index (χ3n) is 3.12. The van der Waals surface area contributed by atoms with Crippen LogP contribution in [0.2, 0.25) is 5.02 Å². The van der Waals surface area contributed by atoms with Crippen molar-refractivity contribution in [2.45, 2.75) is 19.3 Å². The minimum Gasteiger partial charge on any atom is -0.506 e. The Hall–Kier alpha value is -0.930. The van der Waals surface area contributed by atoms with Crippen molar-refractivity contribution >= 4 is 11.6 Å². The summed E-state index contributed by atoms with van der Waals surface area (Å²) in [5.74, 6) is 1.08. The molecule has 1 unspecified atom stereocenters. The number of nitrogens with one attached hydrogen (secondary N) is 1. The number of phenols is 1. The lowest BCUT2D eigenvalue weighted by molar-refractivity contribution is 0.403.